The smallest absolute Gasteiger partial charge is 0.403 e. The van der Waals surface area contributed by atoms with E-state index in [1.165, 1.54) is 6.42 Å². The fraction of sp³-hybridized carbons (Fsp3) is 0.391. The Kier molecular flexibility index (Phi) is 5.41. The zero-order chi connectivity index (χ0) is 24.0. The quantitative estimate of drug-likeness (QED) is 0.457. The summed E-state index contributed by atoms with van der Waals surface area (Å²) in [5, 5.41) is 10.3. The molecule has 3 heterocycles. The van der Waals surface area contributed by atoms with Crippen molar-refractivity contribution in [1.29, 1.82) is 0 Å². The van der Waals surface area contributed by atoms with Crippen molar-refractivity contribution in [3.05, 3.63) is 52.1 Å². The molecular formula is C23H23F3N6O2. The summed E-state index contributed by atoms with van der Waals surface area (Å²) >= 11 is 0. The first-order valence-corrected chi connectivity index (χ1v) is 11.1. The Morgan fingerprint density at radius 3 is 2.47 bits per heavy atom. The van der Waals surface area contributed by atoms with Crippen LogP contribution in [0.25, 0.3) is 28.2 Å². The first-order chi connectivity index (χ1) is 16.3. The largest absolute Gasteiger partial charge is 0.433 e. The molecule has 1 aliphatic rings. The van der Waals surface area contributed by atoms with Gasteiger partial charge in [-0.25, -0.2) is 4.98 Å². The Morgan fingerprint density at radius 1 is 1.09 bits per heavy atom. The van der Waals surface area contributed by atoms with Crippen molar-refractivity contribution in [2.24, 2.45) is 0 Å². The van der Waals surface area contributed by atoms with Gasteiger partial charge in [0.25, 0.3) is 11.4 Å². The lowest BCUT2D eigenvalue weighted by Crippen LogP contribution is -2.33. The number of halogens is 3. The van der Waals surface area contributed by atoms with E-state index in [-0.39, 0.29) is 40.4 Å². The summed E-state index contributed by atoms with van der Waals surface area (Å²) in [5.74, 6) is -0.0773. The molecule has 11 heteroatoms. The predicted molar refractivity (Wildman–Crippen MR) is 120 cm³/mol. The maximum atomic E-state index is 13.9. The SMILES string of the molecule is Cc1nc2c(-c3ccccc3)c(C(F)(F)F)[nH]n2c(=O)c1-c1nnc(N(C)C2CCCCC2)o1. The molecule has 178 valence electrons. The fourth-order valence-corrected chi connectivity index (χ4v) is 4.59. The molecule has 5 rings (SSSR count). The molecule has 8 nitrogen and oxygen atoms in total. The van der Waals surface area contributed by atoms with Gasteiger partial charge in [-0.1, -0.05) is 54.7 Å². The van der Waals surface area contributed by atoms with E-state index in [0.717, 1.165) is 30.2 Å². The lowest BCUT2D eigenvalue weighted by atomic mass is 9.95. The number of anilines is 1. The monoisotopic (exact) mass is 472 g/mol. The number of benzene rings is 1. The Bertz CT molecular complexity index is 1380. The van der Waals surface area contributed by atoms with Crippen LogP contribution in [0.1, 0.15) is 43.5 Å². The van der Waals surface area contributed by atoms with Crippen molar-refractivity contribution >= 4 is 11.7 Å². The number of hydrogen-bond acceptors (Lipinski definition) is 6. The molecule has 0 amide bonds. The van der Waals surface area contributed by atoms with Crippen LogP contribution in [0.2, 0.25) is 0 Å². The lowest BCUT2D eigenvalue weighted by molar-refractivity contribution is -0.140. The van der Waals surface area contributed by atoms with Crippen molar-refractivity contribution in [2.45, 2.75) is 51.2 Å². The van der Waals surface area contributed by atoms with Gasteiger partial charge in [-0.3, -0.25) is 9.89 Å². The summed E-state index contributed by atoms with van der Waals surface area (Å²) in [6, 6.07) is 8.56. The van der Waals surface area contributed by atoms with Crippen LogP contribution in [0.15, 0.2) is 39.5 Å². The summed E-state index contributed by atoms with van der Waals surface area (Å²) in [7, 11) is 1.86. The second kappa shape index (κ2) is 8.30. The Balaban J connectivity index is 1.63. The number of rotatable bonds is 4. The van der Waals surface area contributed by atoms with E-state index in [2.05, 4.69) is 20.3 Å². The maximum Gasteiger partial charge on any atom is 0.433 e. The highest BCUT2D eigenvalue weighted by atomic mass is 19.4. The standard InChI is InChI=1S/C23H23F3N6O2/c1-13-16(20-28-29-22(34-20)31(2)15-11-7-4-8-12-15)21(33)32-19(27-13)17(14-9-5-3-6-10-14)18(30-32)23(24,25)26/h3,5-6,9-10,15,30H,4,7-8,11-12H2,1-2H3. The van der Waals surface area contributed by atoms with E-state index in [0.29, 0.717) is 5.56 Å². The molecule has 0 unspecified atom stereocenters. The van der Waals surface area contributed by atoms with Gasteiger partial charge in [-0.2, -0.15) is 17.7 Å². The van der Waals surface area contributed by atoms with E-state index in [1.807, 2.05) is 11.9 Å². The van der Waals surface area contributed by atoms with Gasteiger partial charge < -0.3 is 9.32 Å². The third kappa shape index (κ3) is 3.74. The molecule has 1 saturated carbocycles. The molecule has 1 aromatic carbocycles. The van der Waals surface area contributed by atoms with Crippen LogP contribution in [0.4, 0.5) is 19.2 Å². The molecule has 0 spiro atoms. The minimum atomic E-state index is -4.72. The van der Waals surface area contributed by atoms with Crippen LogP contribution in [-0.2, 0) is 6.18 Å². The molecule has 0 bridgehead atoms. The highest BCUT2D eigenvalue weighted by Gasteiger charge is 2.38. The molecule has 1 N–H and O–H groups in total. The van der Waals surface area contributed by atoms with Crippen LogP contribution in [0.5, 0.6) is 0 Å². The van der Waals surface area contributed by atoms with E-state index in [9.17, 15) is 18.0 Å². The minimum absolute atomic E-state index is 0.0390. The Hall–Kier alpha value is -3.63. The van der Waals surface area contributed by atoms with Gasteiger partial charge in [0.15, 0.2) is 5.65 Å². The Morgan fingerprint density at radius 2 is 1.79 bits per heavy atom. The molecule has 4 aromatic rings. The molecular weight excluding hydrogens is 449 g/mol. The number of aryl methyl sites for hydroxylation is 1. The highest BCUT2D eigenvalue weighted by Crippen LogP contribution is 2.38. The topological polar surface area (TPSA) is 92.3 Å². The summed E-state index contributed by atoms with van der Waals surface area (Å²) in [6.45, 7) is 1.54. The average Bonchev–Trinajstić information content (AvgIpc) is 3.45. The van der Waals surface area contributed by atoms with Gasteiger partial charge in [-0.15, -0.1) is 5.10 Å². The molecule has 1 fully saturated rings. The maximum absolute atomic E-state index is 13.9. The average molecular weight is 472 g/mol. The van der Waals surface area contributed by atoms with E-state index >= 15 is 0 Å². The van der Waals surface area contributed by atoms with E-state index in [1.54, 1.807) is 37.3 Å². The number of fused-ring (bicyclic) bond motifs is 1. The Labute approximate surface area is 192 Å². The zero-order valence-electron chi connectivity index (χ0n) is 18.7. The second-order valence-corrected chi connectivity index (χ2v) is 8.55. The van der Waals surface area contributed by atoms with Gasteiger partial charge in [-0.05, 0) is 25.3 Å². The first kappa shape index (κ1) is 22.2. The summed E-state index contributed by atoms with van der Waals surface area (Å²) in [4.78, 5) is 19.6. The number of aromatic nitrogens is 5. The van der Waals surface area contributed by atoms with Gasteiger partial charge in [0.1, 0.15) is 11.3 Å². The number of H-pyrrole nitrogens is 1. The molecule has 0 saturated heterocycles. The number of nitrogens with one attached hydrogen (secondary N) is 1. The van der Waals surface area contributed by atoms with Crippen LogP contribution in [-0.4, -0.2) is 37.9 Å². The molecule has 0 radical (unpaired) electrons. The summed E-state index contributed by atoms with van der Waals surface area (Å²) in [5.41, 5.74) is -1.66. The van der Waals surface area contributed by atoms with Gasteiger partial charge in [0.05, 0.1) is 11.3 Å². The fourth-order valence-electron chi connectivity index (χ4n) is 4.59. The summed E-state index contributed by atoms with van der Waals surface area (Å²) < 4.78 is 48.2. The zero-order valence-corrected chi connectivity index (χ0v) is 18.7. The van der Waals surface area contributed by atoms with Gasteiger partial charge in [0, 0.05) is 13.1 Å². The van der Waals surface area contributed by atoms with Gasteiger partial charge >= 0.3 is 12.2 Å². The molecule has 0 aliphatic heterocycles. The summed E-state index contributed by atoms with van der Waals surface area (Å²) in [6.07, 6.45) is 0.731. The van der Waals surface area contributed by atoms with Crippen molar-refractivity contribution in [1.82, 2.24) is 24.8 Å². The normalized spacial score (nSPS) is 15.2. The van der Waals surface area contributed by atoms with Crippen molar-refractivity contribution in [2.75, 3.05) is 11.9 Å². The van der Waals surface area contributed by atoms with E-state index in [4.69, 9.17) is 4.42 Å². The number of hydrogen-bond donors (Lipinski definition) is 1. The first-order valence-electron chi connectivity index (χ1n) is 11.1. The molecule has 0 atom stereocenters. The van der Waals surface area contributed by atoms with Crippen LogP contribution in [0.3, 0.4) is 0 Å². The lowest BCUT2D eigenvalue weighted by Gasteiger charge is -2.29. The van der Waals surface area contributed by atoms with Crippen LogP contribution >= 0.6 is 0 Å². The van der Waals surface area contributed by atoms with Crippen molar-refractivity contribution in [3.8, 4) is 22.6 Å². The molecule has 3 aromatic heterocycles. The number of aromatic amines is 1. The van der Waals surface area contributed by atoms with Crippen LogP contribution < -0.4 is 10.5 Å². The molecule has 1 aliphatic carbocycles. The second-order valence-electron chi connectivity index (χ2n) is 8.55. The van der Waals surface area contributed by atoms with E-state index < -0.39 is 17.4 Å². The third-order valence-corrected chi connectivity index (χ3v) is 6.36. The predicted octanol–water partition coefficient (Wildman–Crippen LogP) is 4.84. The third-order valence-electron chi connectivity index (χ3n) is 6.36. The van der Waals surface area contributed by atoms with Crippen LogP contribution in [0, 0.1) is 6.92 Å². The minimum Gasteiger partial charge on any atom is -0.403 e. The number of alkyl halides is 3. The van der Waals surface area contributed by atoms with Crippen molar-refractivity contribution < 1.29 is 17.6 Å². The number of nitrogens with zero attached hydrogens (tertiary/aromatic N) is 5. The van der Waals surface area contributed by atoms with Gasteiger partial charge in [0.2, 0.25) is 0 Å². The molecule has 34 heavy (non-hydrogen) atoms. The van der Waals surface area contributed by atoms with Crippen molar-refractivity contribution in [3.63, 3.8) is 0 Å². The highest BCUT2D eigenvalue weighted by molar-refractivity contribution is 5.81.